The summed E-state index contributed by atoms with van der Waals surface area (Å²) in [4.78, 5) is 0.0677. The second-order valence-corrected chi connectivity index (χ2v) is 6.55. The standard InChI is InChI=1S/C12H17FN2O2S/c1-2-9-5-6-15(8-9)18(16,17)10-3-4-11(13)12(14)7-10/h3-4,7,9H,2,5-6,8,14H2,1H3. The zero-order valence-corrected chi connectivity index (χ0v) is 11.1. The molecule has 1 aliphatic heterocycles. The van der Waals surface area contributed by atoms with E-state index in [-0.39, 0.29) is 10.6 Å². The molecule has 1 aromatic carbocycles. The van der Waals surface area contributed by atoms with Crippen LogP contribution in [0.3, 0.4) is 0 Å². The van der Waals surface area contributed by atoms with Gasteiger partial charge in [0.25, 0.3) is 0 Å². The van der Waals surface area contributed by atoms with Gasteiger partial charge in [-0.1, -0.05) is 13.3 Å². The minimum Gasteiger partial charge on any atom is -0.396 e. The molecule has 1 fully saturated rings. The predicted molar refractivity (Wildman–Crippen MR) is 68.0 cm³/mol. The molecule has 6 heteroatoms. The first-order valence-corrected chi connectivity index (χ1v) is 7.44. The molecule has 0 amide bonds. The monoisotopic (exact) mass is 272 g/mol. The molecule has 2 rings (SSSR count). The van der Waals surface area contributed by atoms with Crippen molar-refractivity contribution in [2.75, 3.05) is 18.8 Å². The van der Waals surface area contributed by atoms with Crippen LogP contribution in [0.1, 0.15) is 19.8 Å². The highest BCUT2D eigenvalue weighted by molar-refractivity contribution is 7.89. The molecule has 0 aromatic heterocycles. The Balaban J connectivity index is 2.28. The molecule has 1 aliphatic rings. The molecule has 0 saturated carbocycles. The fourth-order valence-corrected chi connectivity index (χ4v) is 3.75. The number of nitrogens with two attached hydrogens (primary N) is 1. The smallest absolute Gasteiger partial charge is 0.243 e. The highest BCUT2D eigenvalue weighted by Gasteiger charge is 2.31. The fourth-order valence-electron chi connectivity index (χ4n) is 2.18. The Kier molecular flexibility index (Phi) is 3.59. The molecule has 4 nitrogen and oxygen atoms in total. The summed E-state index contributed by atoms with van der Waals surface area (Å²) < 4.78 is 39.1. The Morgan fingerprint density at radius 2 is 2.22 bits per heavy atom. The van der Waals surface area contributed by atoms with Crippen molar-refractivity contribution in [2.45, 2.75) is 24.7 Å². The average molecular weight is 272 g/mol. The first kappa shape index (κ1) is 13.3. The lowest BCUT2D eigenvalue weighted by Crippen LogP contribution is -2.29. The van der Waals surface area contributed by atoms with Crippen molar-refractivity contribution in [1.29, 1.82) is 0 Å². The third-order valence-electron chi connectivity index (χ3n) is 3.43. The van der Waals surface area contributed by atoms with E-state index in [0.717, 1.165) is 18.9 Å². The summed E-state index contributed by atoms with van der Waals surface area (Å²) in [6.45, 7) is 3.12. The minimum absolute atomic E-state index is 0.0677. The van der Waals surface area contributed by atoms with Crippen molar-refractivity contribution in [2.24, 2.45) is 5.92 Å². The van der Waals surface area contributed by atoms with Gasteiger partial charge in [0.05, 0.1) is 10.6 Å². The van der Waals surface area contributed by atoms with Crippen LogP contribution in [-0.2, 0) is 10.0 Å². The lowest BCUT2D eigenvalue weighted by molar-refractivity contribution is 0.453. The van der Waals surface area contributed by atoms with Crippen molar-refractivity contribution in [3.8, 4) is 0 Å². The van der Waals surface area contributed by atoms with Crippen molar-refractivity contribution < 1.29 is 12.8 Å². The largest absolute Gasteiger partial charge is 0.396 e. The number of anilines is 1. The van der Waals surface area contributed by atoms with Crippen LogP contribution in [0, 0.1) is 11.7 Å². The summed E-state index contributed by atoms with van der Waals surface area (Å²) in [6, 6.07) is 3.54. The molecule has 1 aromatic rings. The molecule has 0 bridgehead atoms. The lowest BCUT2D eigenvalue weighted by Gasteiger charge is -2.16. The van der Waals surface area contributed by atoms with E-state index in [1.165, 1.54) is 16.4 Å². The minimum atomic E-state index is -3.53. The normalized spacial score (nSPS) is 21.3. The number of halogens is 1. The topological polar surface area (TPSA) is 63.4 Å². The second-order valence-electron chi connectivity index (χ2n) is 4.61. The van der Waals surface area contributed by atoms with E-state index >= 15 is 0 Å². The van der Waals surface area contributed by atoms with E-state index in [0.29, 0.717) is 19.0 Å². The highest BCUT2D eigenvalue weighted by atomic mass is 32.2. The average Bonchev–Trinajstić information content (AvgIpc) is 2.81. The summed E-state index contributed by atoms with van der Waals surface area (Å²) in [5, 5.41) is 0. The Morgan fingerprint density at radius 3 is 2.78 bits per heavy atom. The summed E-state index contributed by atoms with van der Waals surface area (Å²) in [7, 11) is -3.53. The summed E-state index contributed by atoms with van der Waals surface area (Å²) in [5.41, 5.74) is 5.27. The number of benzene rings is 1. The van der Waals surface area contributed by atoms with Gasteiger partial charge in [0.15, 0.2) is 0 Å². The van der Waals surface area contributed by atoms with Crippen LogP contribution in [0.2, 0.25) is 0 Å². The Hall–Kier alpha value is -1.14. The van der Waals surface area contributed by atoms with Crippen LogP contribution in [-0.4, -0.2) is 25.8 Å². The molecule has 1 unspecified atom stereocenters. The van der Waals surface area contributed by atoms with Crippen LogP contribution < -0.4 is 5.73 Å². The Bertz CT molecular complexity index is 545. The number of nitrogen functional groups attached to an aromatic ring is 1. The van der Waals surface area contributed by atoms with Gasteiger partial charge >= 0.3 is 0 Å². The fraction of sp³-hybridized carbons (Fsp3) is 0.500. The molecular weight excluding hydrogens is 255 g/mol. The number of hydrogen-bond donors (Lipinski definition) is 1. The predicted octanol–water partition coefficient (Wildman–Crippen LogP) is 1.83. The van der Waals surface area contributed by atoms with Gasteiger partial charge in [-0.2, -0.15) is 4.31 Å². The van der Waals surface area contributed by atoms with Crippen molar-refractivity contribution in [3.05, 3.63) is 24.0 Å². The molecular formula is C12H17FN2O2S. The molecule has 0 aliphatic carbocycles. The van der Waals surface area contributed by atoms with Crippen LogP contribution in [0.25, 0.3) is 0 Å². The highest BCUT2D eigenvalue weighted by Crippen LogP contribution is 2.27. The number of nitrogens with zero attached hydrogens (tertiary/aromatic N) is 1. The van der Waals surface area contributed by atoms with Crippen molar-refractivity contribution >= 4 is 15.7 Å². The summed E-state index contributed by atoms with van der Waals surface area (Å²) >= 11 is 0. The molecule has 1 saturated heterocycles. The maximum atomic E-state index is 13.0. The van der Waals surface area contributed by atoms with Crippen LogP contribution in [0.4, 0.5) is 10.1 Å². The molecule has 2 N–H and O–H groups in total. The van der Waals surface area contributed by atoms with Gasteiger partial charge in [-0.15, -0.1) is 0 Å². The SMILES string of the molecule is CCC1CCN(S(=O)(=O)c2ccc(F)c(N)c2)C1. The van der Waals surface area contributed by atoms with E-state index in [1.807, 2.05) is 0 Å². The van der Waals surface area contributed by atoms with Gasteiger partial charge in [0.2, 0.25) is 10.0 Å². The number of sulfonamides is 1. The van der Waals surface area contributed by atoms with Gasteiger partial charge in [-0.25, -0.2) is 12.8 Å². The molecule has 1 heterocycles. The van der Waals surface area contributed by atoms with E-state index in [2.05, 4.69) is 6.92 Å². The van der Waals surface area contributed by atoms with E-state index in [1.54, 1.807) is 0 Å². The van der Waals surface area contributed by atoms with Gasteiger partial charge in [-0.3, -0.25) is 0 Å². The molecule has 0 spiro atoms. The van der Waals surface area contributed by atoms with Gasteiger partial charge in [0, 0.05) is 13.1 Å². The van der Waals surface area contributed by atoms with Crippen LogP contribution in [0.15, 0.2) is 23.1 Å². The molecule has 0 radical (unpaired) electrons. The third-order valence-corrected chi connectivity index (χ3v) is 5.29. The lowest BCUT2D eigenvalue weighted by atomic mass is 10.1. The molecule has 100 valence electrons. The van der Waals surface area contributed by atoms with Gasteiger partial charge < -0.3 is 5.73 Å². The molecule has 18 heavy (non-hydrogen) atoms. The first-order valence-electron chi connectivity index (χ1n) is 6.00. The Labute approximate surface area is 107 Å². The summed E-state index contributed by atoms with van der Waals surface area (Å²) in [5.74, 6) is -0.181. The van der Waals surface area contributed by atoms with Gasteiger partial charge in [-0.05, 0) is 30.5 Å². The molecule has 1 atom stereocenters. The number of rotatable bonds is 3. The van der Waals surface area contributed by atoms with Crippen molar-refractivity contribution in [3.63, 3.8) is 0 Å². The van der Waals surface area contributed by atoms with E-state index in [4.69, 9.17) is 5.73 Å². The quantitative estimate of drug-likeness (QED) is 0.854. The third kappa shape index (κ3) is 2.35. The maximum Gasteiger partial charge on any atom is 0.243 e. The van der Waals surface area contributed by atoms with Gasteiger partial charge in [0.1, 0.15) is 5.82 Å². The first-order chi connectivity index (χ1) is 8.45. The van der Waals surface area contributed by atoms with E-state index in [9.17, 15) is 12.8 Å². The van der Waals surface area contributed by atoms with Crippen LogP contribution >= 0.6 is 0 Å². The van der Waals surface area contributed by atoms with Crippen LogP contribution in [0.5, 0.6) is 0 Å². The Morgan fingerprint density at radius 1 is 1.50 bits per heavy atom. The van der Waals surface area contributed by atoms with Crippen molar-refractivity contribution in [1.82, 2.24) is 4.31 Å². The number of hydrogen-bond acceptors (Lipinski definition) is 3. The second kappa shape index (κ2) is 4.85. The maximum absolute atomic E-state index is 13.0. The van der Waals surface area contributed by atoms with E-state index < -0.39 is 15.8 Å². The summed E-state index contributed by atoms with van der Waals surface area (Å²) in [6.07, 6.45) is 1.85. The zero-order valence-electron chi connectivity index (χ0n) is 10.3. The zero-order chi connectivity index (χ0) is 13.3.